The topological polar surface area (TPSA) is 37.4 Å². The first kappa shape index (κ1) is 14.5. The summed E-state index contributed by atoms with van der Waals surface area (Å²) < 4.78 is 27.1. The van der Waals surface area contributed by atoms with E-state index in [-0.39, 0.29) is 0 Å². The van der Waals surface area contributed by atoms with Crippen molar-refractivity contribution in [2.75, 3.05) is 13.1 Å². The summed E-state index contributed by atoms with van der Waals surface area (Å²) in [6.45, 7) is 5.35. The Morgan fingerprint density at radius 3 is 2.78 bits per heavy atom. The van der Waals surface area contributed by atoms with E-state index < -0.39 is 10.0 Å². The molecule has 6 heteroatoms. The summed E-state index contributed by atoms with van der Waals surface area (Å²) in [5.74, 6) is 0.360. The van der Waals surface area contributed by atoms with Gasteiger partial charge in [-0.2, -0.15) is 4.31 Å². The molecule has 0 aromatic carbocycles. The molecular weight excluding hydrogens is 334 g/mol. The van der Waals surface area contributed by atoms with Crippen LogP contribution >= 0.6 is 27.3 Å². The van der Waals surface area contributed by atoms with Gasteiger partial charge in [0, 0.05) is 22.8 Å². The maximum absolute atomic E-state index is 12.5. The SMILES string of the molecule is CCc1ccc(S(=O)(=O)N2CCC(Br)C(C)C2)s1. The van der Waals surface area contributed by atoms with E-state index in [9.17, 15) is 8.42 Å². The van der Waals surface area contributed by atoms with Crippen molar-refractivity contribution in [2.45, 2.75) is 35.7 Å². The molecule has 1 aromatic heterocycles. The molecule has 0 bridgehead atoms. The molecule has 0 amide bonds. The zero-order valence-corrected chi connectivity index (χ0v) is 13.8. The predicted molar refractivity (Wildman–Crippen MR) is 79.0 cm³/mol. The van der Waals surface area contributed by atoms with Crippen LogP contribution in [-0.2, 0) is 16.4 Å². The molecule has 2 unspecified atom stereocenters. The fraction of sp³-hybridized carbons (Fsp3) is 0.667. The lowest BCUT2D eigenvalue weighted by atomic mass is 10.0. The molecular formula is C12H18BrNO2S2. The number of rotatable bonds is 3. The van der Waals surface area contributed by atoms with Crippen LogP contribution in [0.2, 0.25) is 0 Å². The molecule has 0 N–H and O–H groups in total. The van der Waals surface area contributed by atoms with Gasteiger partial charge >= 0.3 is 0 Å². The van der Waals surface area contributed by atoms with Crippen LogP contribution < -0.4 is 0 Å². The number of hydrogen-bond donors (Lipinski definition) is 0. The van der Waals surface area contributed by atoms with Gasteiger partial charge in [0.2, 0.25) is 0 Å². The fourth-order valence-electron chi connectivity index (χ4n) is 2.11. The Labute approximate surface area is 121 Å². The van der Waals surface area contributed by atoms with Crippen molar-refractivity contribution in [3.8, 4) is 0 Å². The van der Waals surface area contributed by atoms with E-state index in [1.807, 2.05) is 13.0 Å². The molecule has 2 heterocycles. The van der Waals surface area contributed by atoms with Crippen LogP contribution in [0.25, 0.3) is 0 Å². The molecule has 1 aliphatic heterocycles. The standard InChI is InChI=1S/C12H18BrNO2S2/c1-3-10-4-5-12(17-10)18(15,16)14-7-6-11(13)9(2)8-14/h4-5,9,11H,3,6-8H2,1-2H3. The molecule has 1 saturated heterocycles. The average molecular weight is 352 g/mol. The van der Waals surface area contributed by atoms with Crippen molar-refractivity contribution in [1.82, 2.24) is 4.31 Å². The highest BCUT2D eigenvalue weighted by Crippen LogP contribution is 2.30. The van der Waals surface area contributed by atoms with Gasteiger partial charge in [-0.1, -0.05) is 29.8 Å². The van der Waals surface area contributed by atoms with Crippen LogP contribution in [0.1, 0.15) is 25.1 Å². The number of nitrogens with zero attached hydrogens (tertiary/aromatic N) is 1. The molecule has 2 rings (SSSR count). The predicted octanol–water partition coefficient (Wildman–Crippen LogP) is 3.10. The van der Waals surface area contributed by atoms with Crippen molar-refractivity contribution < 1.29 is 8.42 Å². The van der Waals surface area contributed by atoms with Crippen LogP contribution in [0.15, 0.2) is 16.3 Å². The third kappa shape index (κ3) is 2.81. The summed E-state index contributed by atoms with van der Waals surface area (Å²) in [7, 11) is -3.28. The van der Waals surface area contributed by atoms with E-state index in [1.165, 1.54) is 11.3 Å². The first-order valence-electron chi connectivity index (χ1n) is 6.18. The monoisotopic (exact) mass is 351 g/mol. The van der Waals surface area contributed by atoms with E-state index in [0.29, 0.717) is 28.0 Å². The van der Waals surface area contributed by atoms with Crippen molar-refractivity contribution in [1.29, 1.82) is 0 Å². The van der Waals surface area contributed by atoms with Gasteiger partial charge in [0.1, 0.15) is 4.21 Å². The minimum Gasteiger partial charge on any atom is -0.206 e. The van der Waals surface area contributed by atoms with Crippen molar-refractivity contribution in [3.63, 3.8) is 0 Å². The average Bonchev–Trinajstić information content (AvgIpc) is 2.81. The van der Waals surface area contributed by atoms with E-state index >= 15 is 0 Å². The summed E-state index contributed by atoms with van der Waals surface area (Å²) >= 11 is 4.99. The zero-order valence-electron chi connectivity index (χ0n) is 10.6. The quantitative estimate of drug-likeness (QED) is 0.784. The van der Waals surface area contributed by atoms with Gasteiger partial charge in [-0.05, 0) is 30.9 Å². The van der Waals surface area contributed by atoms with Crippen molar-refractivity contribution in [2.24, 2.45) is 5.92 Å². The van der Waals surface area contributed by atoms with E-state index in [1.54, 1.807) is 10.4 Å². The van der Waals surface area contributed by atoms with Crippen LogP contribution in [0.3, 0.4) is 0 Å². The number of aryl methyl sites for hydroxylation is 1. The minimum atomic E-state index is -3.28. The summed E-state index contributed by atoms with van der Waals surface area (Å²) in [5.41, 5.74) is 0. The van der Waals surface area contributed by atoms with Gasteiger partial charge in [-0.25, -0.2) is 8.42 Å². The van der Waals surface area contributed by atoms with Crippen LogP contribution in [-0.4, -0.2) is 30.6 Å². The highest BCUT2D eigenvalue weighted by atomic mass is 79.9. The van der Waals surface area contributed by atoms with Crippen LogP contribution in [0.4, 0.5) is 0 Å². The Kier molecular flexibility index (Phi) is 4.52. The van der Waals surface area contributed by atoms with Crippen LogP contribution in [0, 0.1) is 5.92 Å². The number of alkyl halides is 1. The fourth-order valence-corrected chi connectivity index (χ4v) is 5.49. The minimum absolute atomic E-state index is 0.360. The summed E-state index contributed by atoms with van der Waals surface area (Å²) in [5, 5.41) is 0. The lowest BCUT2D eigenvalue weighted by Crippen LogP contribution is -2.42. The van der Waals surface area contributed by atoms with Gasteiger partial charge in [0.15, 0.2) is 0 Å². The molecule has 0 saturated carbocycles. The second kappa shape index (κ2) is 5.61. The lowest BCUT2D eigenvalue weighted by Gasteiger charge is -2.33. The van der Waals surface area contributed by atoms with Crippen molar-refractivity contribution in [3.05, 3.63) is 17.0 Å². The first-order valence-corrected chi connectivity index (χ1v) is 9.35. The normalized spacial score (nSPS) is 26.4. The molecule has 1 aliphatic rings. The summed E-state index contributed by atoms with van der Waals surface area (Å²) in [6, 6.07) is 3.65. The molecule has 0 aliphatic carbocycles. The first-order chi connectivity index (χ1) is 8.45. The smallest absolute Gasteiger partial charge is 0.206 e. The molecule has 0 radical (unpaired) electrons. The molecule has 1 fully saturated rings. The third-order valence-electron chi connectivity index (χ3n) is 3.34. The van der Waals surface area contributed by atoms with E-state index in [2.05, 4.69) is 22.9 Å². The van der Waals surface area contributed by atoms with Gasteiger partial charge in [0.05, 0.1) is 0 Å². The number of halogens is 1. The maximum atomic E-state index is 12.5. The van der Waals surface area contributed by atoms with E-state index in [0.717, 1.165) is 17.7 Å². The third-order valence-corrected chi connectivity index (χ3v) is 8.27. The largest absolute Gasteiger partial charge is 0.252 e. The van der Waals surface area contributed by atoms with Gasteiger partial charge < -0.3 is 0 Å². The summed E-state index contributed by atoms with van der Waals surface area (Å²) in [4.78, 5) is 1.55. The Morgan fingerprint density at radius 2 is 2.22 bits per heavy atom. The second-order valence-electron chi connectivity index (χ2n) is 4.72. The number of hydrogen-bond acceptors (Lipinski definition) is 3. The Morgan fingerprint density at radius 1 is 1.50 bits per heavy atom. The highest BCUT2D eigenvalue weighted by Gasteiger charge is 2.33. The molecule has 18 heavy (non-hydrogen) atoms. The summed E-state index contributed by atoms with van der Waals surface area (Å²) in [6.07, 6.45) is 1.77. The number of sulfonamides is 1. The van der Waals surface area contributed by atoms with Gasteiger partial charge in [-0.3, -0.25) is 0 Å². The van der Waals surface area contributed by atoms with Gasteiger partial charge in [-0.15, -0.1) is 11.3 Å². The molecule has 0 spiro atoms. The Balaban J connectivity index is 2.21. The highest BCUT2D eigenvalue weighted by molar-refractivity contribution is 9.09. The molecule has 1 aromatic rings. The maximum Gasteiger partial charge on any atom is 0.252 e. The molecule has 3 nitrogen and oxygen atoms in total. The number of piperidine rings is 1. The van der Waals surface area contributed by atoms with E-state index in [4.69, 9.17) is 0 Å². The second-order valence-corrected chi connectivity index (χ2v) is 9.23. The Hall–Kier alpha value is 0.0900. The molecule has 102 valence electrons. The number of thiophene rings is 1. The Bertz CT molecular complexity index is 512. The van der Waals surface area contributed by atoms with Gasteiger partial charge in [0.25, 0.3) is 10.0 Å². The molecule has 2 atom stereocenters. The van der Waals surface area contributed by atoms with Crippen molar-refractivity contribution >= 4 is 37.3 Å². The lowest BCUT2D eigenvalue weighted by molar-refractivity contribution is 0.292. The van der Waals surface area contributed by atoms with Crippen LogP contribution in [0.5, 0.6) is 0 Å². The zero-order chi connectivity index (χ0) is 13.3.